The number of halogens is 1. The fourth-order valence-corrected chi connectivity index (χ4v) is 1.81. The van der Waals surface area contributed by atoms with Gasteiger partial charge < -0.3 is 5.73 Å². The summed E-state index contributed by atoms with van der Waals surface area (Å²) in [4.78, 5) is 10.7. The van der Waals surface area contributed by atoms with E-state index in [0.29, 0.717) is 0 Å². The maximum absolute atomic E-state index is 10.7. The summed E-state index contributed by atoms with van der Waals surface area (Å²) in [6.45, 7) is 0. The molecule has 1 aliphatic rings. The number of nitrogens with two attached hydrogens (primary N) is 1. The van der Waals surface area contributed by atoms with E-state index in [1.807, 2.05) is 0 Å². The predicted molar refractivity (Wildman–Crippen MR) is 40.8 cm³/mol. The van der Waals surface area contributed by atoms with Gasteiger partial charge in [0.25, 0.3) is 0 Å². The predicted octanol–water partition coefficient (Wildman–Crippen LogP) is 1.27. The summed E-state index contributed by atoms with van der Waals surface area (Å²) < 4.78 is 0. The summed E-state index contributed by atoms with van der Waals surface area (Å²) in [7, 11) is 0. The lowest BCUT2D eigenvalue weighted by Gasteiger charge is -2.23. The number of alkyl halides is 1. The molecule has 10 heavy (non-hydrogen) atoms. The minimum absolute atomic E-state index is 0.00810. The normalized spacial score (nSPS) is 33.7. The standard InChI is InChI=1S/C7H12ClNO/c8-6-4-2-1-3-5(6)7(9)10/h5-6H,1-4H2,(H2,9,10). The summed E-state index contributed by atoms with van der Waals surface area (Å²) in [5.41, 5.74) is 5.13. The van der Waals surface area contributed by atoms with E-state index in [-0.39, 0.29) is 17.2 Å². The van der Waals surface area contributed by atoms with E-state index < -0.39 is 0 Å². The van der Waals surface area contributed by atoms with Crippen molar-refractivity contribution in [3.8, 4) is 0 Å². The second kappa shape index (κ2) is 3.24. The molecule has 1 aliphatic carbocycles. The lowest BCUT2D eigenvalue weighted by atomic mass is 9.88. The summed E-state index contributed by atoms with van der Waals surface area (Å²) in [5.74, 6) is -0.310. The molecular formula is C7H12ClNO. The van der Waals surface area contributed by atoms with Crippen molar-refractivity contribution in [1.29, 1.82) is 0 Å². The maximum atomic E-state index is 10.7. The minimum Gasteiger partial charge on any atom is -0.369 e. The summed E-state index contributed by atoms with van der Waals surface area (Å²) in [6.07, 6.45) is 4.05. The zero-order chi connectivity index (χ0) is 7.56. The number of primary amides is 1. The van der Waals surface area contributed by atoms with Crippen LogP contribution in [0.2, 0.25) is 0 Å². The van der Waals surface area contributed by atoms with Crippen LogP contribution in [0.3, 0.4) is 0 Å². The largest absolute Gasteiger partial charge is 0.369 e. The molecule has 1 amide bonds. The van der Waals surface area contributed by atoms with Gasteiger partial charge in [-0.1, -0.05) is 12.8 Å². The average molecular weight is 162 g/mol. The van der Waals surface area contributed by atoms with Crippen LogP contribution in [0.15, 0.2) is 0 Å². The monoisotopic (exact) mass is 161 g/mol. The molecule has 2 unspecified atom stereocenters. The molecule has 0 aliphatic heterocycles. The van der Waals surface area contributed by atoms with E-state index >= 15 is 0 Å². The lowest BCUT2D eigenvalue weighted by Crippen LogP contribution is -2.32. The molecule has 2 nitrogen and oxygen atoms in total. The van der Waals surface area contributed by atoms with E-state index in [4.69, 9.17) is 17.3 Å². The molecule has 2 N–H and O–H groups in total. The zero-order valence-corrected chi connectivity index (χ0v) is 6.60. The maximum Gasteiger partial charge on any atom is 0.222 e. The molecule has 0 radical (unpaired) electrons. The fourth-order valence-electron chi connectivity index (χ4n) is 1.41. The van der Waals surface area contributed by atoms with E-state index in [2.05, 4.69) is 0 Å². The van der Waals surface area contributed by atoms with Crippen LogP contribution in [-0.4, -0.2) is 11.3 Å². The van der Waals surface area contributed by atoms with Gasteiger partial charge in [0.2, 0.25) is 5.91 Å². The molecule has 0 heterocycles. The third-order valence-corrected chi connectivity index (χ3v) is 2.57. The van der Waals surface area contributed by atoms with Crippen molar-refractivity contribution in [1.82, 2.24) is 0 Å². The van der Waals surface area contributed by atoms with Gasteiger partial charge in [0.05, 0.1) is 5.92 Å². The van der Waals surface area contributed by atoms with Gasteiger partial charge in [-0.2, -0.15) is 0 Å². The molecule has 0 aromatic carbocycles. The Morgan fingerprint density at radius 1 is 1.40 bits per heavy atom. The molecule has 1 rings (SSSR count). The number of hydrogen-bond acceptors (Lipinski definition) is 1. The topological polar surface area (TPSA) is 43.1 Å². The second-order valence-electron chi connectivity index (χ2n) is 2.81. The highest BCUT2D eigenvalue weighted by molar-refractivity contribution is 6.22. The molecule has 0 aromatic rings. The summed E-state index contributed by atoms with van der Waals surface area (Å²) >= 11 is 5.88. The average Bonchev–Trinajstić information content (AvgIpc) is 1.88. The summed E-state index contributed by atoms with van der Waals surface area (Å²) in [6, 6.07) is 0. The van der Waals surface area contributed by atoms with Gasteiger partial charge in [-0.15, -0.1) is 11.6 Å². The Hall–Kier alpha value is -0.240. The Balaban J connectivity index is 2.47. The van der Waals surface area contributed by atoms with Crippen molar-refractivity contribution in [2.24, 2.45) is 11.7 Å². The smallest absolute Gasteiger partial charge is 0.222 e. The number of hydrogen-bond donors (Lipinski definition) is 1. The van der Waals surface area contributed by atoms with E-state index in [9.17, 15) is 4.79 Å². The number of rotatable bonds is 1. The minimum atomic E-state index is -0.236. The quantitative estimate of drug-likeness (QED) is 0.579. The molecule has 1 fully saturated rings. The van der Waals surface area contributed by atoms with E-state index in [1.165, 1.54) is 0 Å². The SMILES string of the molecule is NC(=O)C1CCCCC1Cl. The second-order valence-corrected chi connectivity index (χ2v) is 3.37. The molecule has 0 spiro atoms. The van der Waals surface area contributed by atoms with Crippen molar-refractivity contribution in [2.45, 2.75) is 31.1 Å². The first-order valence-corrected chi connectivity index (χ1v) is 4.09. The molecule has 58 valence electrons. The molecule has 0 saturated heterocycles. The van der Waals surface area contributed by atoms with E-state index in [1.54, 1.807) is 0 Å². The van der Waals surface area contributed by atoms with Gasteiger partial charge in [0.1, 0.15) is 0 Å². The highest BCUT2D eigenvalue weighted by Crippen LogP contribution is 2.27. The van der Waals surface area contributed by atoms with Gasteiger partial charge in [-0.3, -0.25) is 4.79 Å². The van der Waals surface area contributed by atoms with Gasteiger partial charge in [-0.05, 0) is 12.8 Å². The van der Waals surface area contributed by atoms with Gasteiger partial charge in [0, 0.05) is 5.38 Å². The molecule has 2 atom stereocenters. The Morgan fingerprint density at radius 2 is 2.00 bits per heavy atom. The van der Waals surface area contributed by atoms with Crippen molar-refractivity contribution >= 4 is 17.5 Å². The van der Waals surface area contributed by atoms with Crippen molar-refractivity contribution < 1.29 is 4.79 Å². The third-order valence-electron chi connectivity index (χ3n) is 2.05. The van der Waals surface area contributed by atoms with Crippen LogP contribution >= 0.6 is 11.6 Å². The van der Waals surface area contributed by atoms with Crippen LogP contribution in [0.4, 0.5) is 0 Å². The van der Waals surface area contributed by atoms with Crippen molar-refractivity contribution in [3.05, 3.63) is 0 Å². The van der Waals surface area contributed by atoms with Crippen molar-refractivity contribution in [3.63, 3.8) is 0 Å². The first kappa shape index (κ1) is 7.86. The Morgan fingerprint density at radius 3 is 2.40 bits per heavy atom. The van der Waals surface area contributed by atoms with Crippen LogP contribution in [0.1, 0.15) is 25.7 Å². The summed E-state index contributed by atoms with van der Waals surface area (Å²) in [5, 5.41) is -0.00810. The van der Waals surface area contributed by atoms with Crippen LogP contribution in [0.5, 0.6) is 0 Å². The highest BCUT2D eigenvalue weighted by atomic mass is 35.5. The van der Waals surface area contributed by atoms with Gasteiger partial charge in [0.15, 0.2) is 0 Å². The molecule has 0 bridgehead atoms. The fraction of sp³-hybridized carbons (Fsp3) is 0.857. The number of carbonyl (C=O) groups is 1. The Kier molecular flexibility index (Phi) is 2.55. The van der Waals surface area contributed by atoms with E-state index in [0.717, 1.165) is 25.7 Å². The number of carbonyl (C=O) groups excluding carboxylic acids is 1. The lowest BCUT2D eigenvalue weighted by molar-refractivity contribution is -0.122. The first-order valence-electron chi connectivity index (χ1n) is 3.65. The molecule has 0 aromatic heterocycles. The Labute approximate surface area is 65.7 Å². The third kappa shape index (κ3) is 1.63. The molecule has 1 saturated carbocycles. The van der Waals surface area contributed by atoms with Gasteiger partial charge >= 0.3 is 0 Å². The number of amides is 1. The van der Waals surface area contributed by atoms with Crippen LogP contribution < -0.4 is 5.73 Å². The van der Waals surface area contributed by atoms with Crippen molar-refractivity contribution in [2.75, 3.05) is 0 Å². The highest BCUT2D eigenvalue weighted by Gasteiger charge is 2.27. The van der Waals surface area contributed by atoms with Crippen LogP contribution in [0, 0.1) is 5.92 Å². The first-order chi connectivity index (χ1) is 4.72. The van der Waals surface area contributed by atoms with Gasteiger partial charge in [-0.25, -0.2) is 0 Å². The van der Waals surface area contributed by atoms with Crippen LogP contribution in [-0.2, 0) is 4.79 Å². The zero-order valence-electron chi connectivity index (χ0n) is 5.85. The Bertz CT molecular complexity index is 138. The molecule has 3 heteroatoms. The molecular weight excluding hydrogens is 150 g/mol. The van der Waals surface area contributed by atoms with Crippen LogP contribution in [0.25, 0.3) is 0 Å².